The van der Waals surface area contributed by atoms with Crippen LogP contribution in [0.15, 0.2) is 0 Å². The molecule has 4 nitrogen and oxygen atoms in total. The van der Waals surface area contributed by atoms with Gasteiger partial charge >= 0.3 is 0 Å². The molecule has 2 fully saturated rings. The predicted octanol–water partition coefficient (Wildman–Crippen LogP) is 0.0806. The third kappa shape index (κ3) is 3.65. The van der Waals surface area contributed by atoms with Crippen molar-refractivity contribution in [1.29, 1.82) is 0 Å². The number of likely N-dealkylation sites (tertiary alicyclic amines) is 1. The predicted molar refractivity (Wildman–Crippen MR) is 70.2 cm³/mol. The molecule has 2 heterocycles. The van der Waals surface area contributed by atoms with Gasteiger partial charge in [-0.1, -0.05) is 6.92 Å². The van der Waals surface area contributed by atoms with E-state index >= 15 is 0 Å². The lowest BCUT2D eigenvalue weighted by Gasteiger charge is -2.42. The Morgan fingerprint density at radius 3 is 2.12 bits per heavy atom. The monoisotopic (exact) mass is 241 g/mol. The number of nitrogens with zero attached hydrogens (tertiary/aromatic N) is 3. The SMILES string of the molecule is CCN1CCC(N2CCN(CCO)CC2)CC1. The topological polar surface area (TPSA) is 30.0 Å². The Bertz CT molecular complexity index is 209. The number of β-amino-alcohol motifs (C(OH)–C–C–N with tert-alkyl or cyclic N) is 1. The Labute approximate surface area is 105 Å². The van der Waals surface area contributed by atoms with Gasteiger partial charge in [-0.15, -0.1) is 0 Å². The van der Waals surface area contributed by atoms with E-state index in [0.29, 0.717) is 6.61 Å². The zero-order valence-corrected chi connectivity index (χ0v) is 11.1. The Balaban J connectivity index is 1.70. The van der Waals surface area contributed by atoms with E-state index in [4.69, 9.17) is 5.11 Å². The summed E-state index contributed by atoms with van der Waals surface area (Å²) in [6, 6.07) is 0.814. The van der Waals surface area contributed by atoms with Gasteiger partial charge in [0.25, 0.3) is 0 Å². The summed E-state index contributed by atoms with van der Waals surface area (Å²) in [4.78, 5) is 7.59. The van der Waals surface area contributed by atoms with Crippen LogP contribution in [-0.4, -0.2) is 84.8 Å². The zero-order valence-electron chi connectivity index (χ0n) is 11.1. The van der Waals surface area contributed by atoms with Crippen LogP contribution < -0.4 is 0 Å². The summed E-state index contributed by atoms with van der Waals surface area (Å²) in [6.45, 7) is 11.8. The van der Waals surface area contributed by atoms with Gasteiger partial charge in [0.2, 0.25) is 0 Å². The molecule has 1 N–H and O–H groups in total. The zero-order chi connectivity index (χ0) is 12.1. The molecule has 0 atom stereocenters. The molecule has 0 unspecified atom stereocenters. The van der Waals surface area contributed by atoms with Crippen molar-refractivity contribution in [2.75, 3.05) is 59.0 Å². The lowest BCUT2D eigenvalue weighted by atomic mass is 10.0. The molecule has 0 amide bonds. The van der Waals surface area contributed by atoms with E-state index in [-0.39, 0.29) is 0 Å². The largest absolute Gasteiger partial charge is 0.395 e. The molecule has 0 aromatic heterocycles. The number of aliphatic hydroxyl groups excluding tert-OH is 1. The van der Waals surface area contributed by atoms with E-state index in [1.165, 1.54) is 45.6 Å². The van der Waals surface area contributed by atoms with E-state index in [0.717, 1.165) is 25.7 Å². The van der Waals surface area contributed by atoms with Crippen molar-refractivity contribution in [1.82, 2.24) is 14.7 Å². The molecule has 2 saturated heterocycles. The maximum atomic E-state index is 8.93. The van der Waals surface area contributed by atoms with Crippen molar-refractivity contribution < 1.29 is 5.11 Å². The third-order valence-electron chi connectivity index (χ3n) is 4.34. The average molecular weight is 241 g/mol. The van der Waals surface area contributed by atoms with Crippen LogP contribution in [0.4, 0.5) is 0 Å². The Morgan fingerprint density at radius 1 is 0.941 bits per heavy atom. The second kappa shape index (κ2) is 6.69. The summed E-state index contributed by atoms with van der Waals surface area (Å²) in [5, 5.41) is 8.93. The fourth-order valence-electron chi connectivity index (χ4n) is 3.09. The van der Waals surface area contributed by atoms with Crippen LogP contribution in [0.5, 0.6) is 0 Å². The van der Waals surface area contributed by atoms with E-state index in [2.05, 4.69) is 21.6 Å². The number of aliphatic hydroxyl groups is 1. The Morgan fingerprint density at radius 2 is 1.59 bits per heavy atom. The van der Waals surface area contributed by atoms with Crippen LogP contribution in [0.25, 0.3) is 0 Å². The van der Waals surface area contributed by atoms with Gasteiger partial charge in [0.15, 0.2) is 0 Å². The molecule has 0 spiro atoms. The van der Waals surface area contributed by atoms with Crippen molar-refractivity contribution in [3.8, 4) is 0 Å². The molecule has 4 heteroatoms. The molecule has 100 valence electrons. The van der Waals surface area contributed by atoms with Gasteiger partial charge in [0, 0.05) is 38.8 Å². The first-order chi connectivity index (χ1) is 8.33. The first-order valence-corrected chi connectivity index (χ1v) is 7.13. The van der Waals surface area contributed by atoms with Crippen molar-refractivity contribution in [2.24, 2.45) is 0 Å². The summed E-state index contributed by atoms with van der Waals surface area (Å²) in [5.41, 5.74) is 0. The summed E-state index contributed by atoms with van der Waals surface area (Å²) in [5.74, 6) is 0. The molecular formula is C13H27N3O. The highest BCUT2D eigenvalue weighted by Gasteiger charge is 2.26. The summed E-state index contributed by atoms with van der Waals surface area (Å²) < 4.78 is 0. The molecule has 0 aliphatic carbocycles. The van der Waals surface area contributed by atoms with E-state index in [9.17, 15) is 0 Å². The molecule has 2 rings (SSSR count). The average Bonchev–Trinajstić information content (AvgIpc) is 2.40. The number of hydrogen-bond acceptors (Lipinski definition) is 4. The van der Waals surface area contributed by atoms with Crippen molar-refractivity contribution in [3.63, 3.8) is 0 Å². The molecule has 0 aromatic rings. The normalized spacial score (nSPS) is 26.5. The maximum absolute atomic E-state index is 8.93. The standard InChI is InChI=1S/C13H27N3O/c1-2-14-5-3-13(4-6-14)16-9-7-15(8-10-16)11-12-17/h13,17H,2-12H2,1H3. The van der Waals surface area contributed by atoms with Crippen molar-refractivity contribution in [3.05, 3.63) is 0 Å². The molecule has 2 aliphatic rings. The third-order valence-corrected chi connectivity index (χ3v) is 4.34. The van der Waals surface area contributed by atoms with Gasteiger partial charge < -0.3 is 10.0 Å². The van der Waals surface area contributed by atoms with Crippen LogP contribution in [-0.2, 0) is 0 Å². The first kappa shape index (κ1) is 13.3. The van der Waals surface area contributed by atoms with Crippen LogP contribution in [0.2, 0.25) is 0 Å². The van der Waals surface area contributed by atoms with Gasteiger partial charge in [-0.25, -0.2) is 0 Å². The van der Waals surface area contributed by atoms with Crippen LogP contribution in [0.1, 0.15) is 19.8 Å². The second-order valence-corrected chi connectivity index (χ2v) is 5.27. The highest BCUT2D eigenvalue weighted by atomic mass is 16.3. The van der Waals surface area contributed by atoms with Crippen molar-refractivity contribution >= 4 is 0 Å². The number of piperidine rings is 1. The smallest absolute Gasteiger partial charge is 0.0558 e. The van der Waals surface area contributed by atoms with Gasteiger partial charge in [-0.2, -0.15) is 0 Å². The van der Waals surface area contributed by atoms with E-state index in [1.807, 2.05) is 0 Å². The molecule has 17 heavy (non-hydrogen) atoms. The van der Waals surface area contributed by atoms with Crippen LogP contribution in [0.3, 0.4) is 0 Å². The Kier molecular flexibility index (Phi) is 5.22. The molecule has 0 aromatic carbocycles. The minimum Gasteiger partial charge on any atom is -0.395 e. The van der Waals surface area contributed by atoms with Crippen LogP contribution >= 0.6 is 0 Å². The first-order valence-electron chi connectivity index (χ1n) is 7.13. The number of piperazine rings is 1. The fourth-order valence-corrected chi connectivity index (χ4v) is 3.09. The molecule has 0 saturated carbocycles. The van der Waals surface area contributed by atoms with Gasteiger partial charge in [-0.05, 0) is 32.5 Å². The fraction of sp³-hybridized carbons (Fsp3) is 1.00. The van der Waals surface area contributed by atoms with Crippen molar-refractivity contribution in [2.45, 2.75) is 25.8 Å². The molecule has 0 bridgehead atoms. The van der Waals surface area contributed by atoms with Gasteiger partial charge in [0.1, 0.15) is 0 Å². The van der Waals surface area contributed by atoms with Crippen LogP contribution in [0, 0.1) is 0 Å². The lowest BCUT2D eigenvalue weighted by Crippen LogP contribution is -2.53. The quantitative estimate of drug-likeness (QED) is 0.755. The molecular weight excluding hydrogens is 214 g/mol. The van der Waals surface area contributed by atoms with E-state index in [1.54, 1.807) is 0 Å². The Hall–Kier alpha value is -0.160. The highest BCUT2D eigenvalue weighted by Crippen LogP contribution is 2.17. The summed E-state index contributed by atoms with van der Waals surface area (Å²) in [7, 11) is 0. The van der Waals surface area contributed by atoms with Gasteiger partial charge in [0.05, 0.1) is 6.61 Å². The molecule has 2 aliphatic heterocycles. The molecule has 0 radical (unpaired) electrons. The second-order valence-electron chi connectivity index (χ2n) is 5.27. The highest BCUT2D eigenvalue weighted by molar-refractivity contribution is 4.83. The van der Waals surface area contributed by atoms with E-state index < -0.39 is 0 Å². The minimum atomic E-state index is 0.300. The summed E-state index contributed by atoms with van der Waals surface area (Å²) >= 11 is 0. The number of rotatable bonds is 4. The lowest BCUT2D eigenvalue weighted by molar-refractivity contribution is 0.0542. The maximum Gasteiger partial charge on any atom is 0.0558 e. The number of hydrogen-bond donors (Lipinski definition) is 1. The minimum absolute atomic E-state index is 0.300. The van der Waals surface area contributed by atoms with Gasteiger partial charge in [-0.3, -0.25) is 9.80 Å². The summed E-state index contributed by atoms with van der Waals surface area (Å²) in [6.07, 6.45) is 2.68.